The molecule has 62 valence electrons. The number of pyridine rings is 1. The molecule has 0 aliphatic rings. The first-order valence-electron chi connectivity index (χ1n) is 3.78. The van der Waals surface area contributed by atoms with Crippen LogP contribution >= 0.6 is 0 Å². The zero-order valence-corrected chi connectivity index (χ0v) is 9.21. The van der Waals surface area contributed by atoms with Gasteiger partial charge in [-0.1, -0.05) is 6.92 Å². The SMILES string of the molecule is CCC[n+]1cccc(C)c1.[I-]. The van der Waals surface area contributed by atoms with E-state index in [9.17, 15) is 0 Å². The van der Waals surface area contributed by atoms with Gasteiger partial charge in [-0.25, -0.2) is 4.57 Å². The lowest BCUT2D eigenvalue weighted by molar-refractivity contribution is -0.697. The van der Waals surface area contributed by atoms with E-state index < -0.39 is 0 Å². The van der Waals surface area contributed by atoms with E-state index in [0.29, 0.717) is 0 Å². The topological polar surface area (TPSA) is 3.88 Å². The molecule has 0 bridgehead atoms. The predicted octanol–water partition coefficient (Wildman–Crippen LogP) is -1.30. The van der Waals surface area contributed by atoms with Crippen molar-refractivity contribution in [3.8, 4) is 0 Å². The van der Waals surface area contributed by atoms with E-state index in [1.807, 2.05) is 0 Å². The minimum atomic E-state index is 0. The summed E-state index contributed by atoms with van der Waals surface area (Å²) in [6.45, 7) is 5.43. The molecule has 0 saturated heterocycles. The molecule has 1 rings (SSSR count). The van der Waals surface area contributed by atoms with E-state index in [0.717, 1.165) is 6.54 Å². The highest BCUT2D eigenvalue weighted by Gasteiger charge is 1.95. The highest BCUT2D eigenvalue weighted by atomic mass is 127. The first-order valence-corrected chi connectivity index (χ1v) is 3.78. The van der Waals surface area contributed by atoms with E-state index in [1.165, 1.54) is 12.0 Å². The van der Waals surface area contributed by atoms with Gasteiger partial charge in [0.1, 0.15) is 6.54 Å². The molecule has 0 spiro atoms. The van der Waals surface area contributed by atoms with Gasteiger partial charge in [0.15, 0.2) is 12.4 Å². The number of nitrogens with zero attached hydrogens (tertiary/aromatic N) is 1. The molecule has 0 radical (unpaired) electrons. The molecule has 2 heteroatoms. The lowest BCUT2D eigenvalue weighted by atomic mass is 10.3. The molecule has 1 aromatic rings. The summed E-state index contributed by atoms with van der Waals surface area (Å²) in [5, 5.41) is 0. The number of aromatic nitrogens is 1. The van der Waals surface area contributed by atoms with Crippen LogP contribution in [0, 0.1) is 6.92 Å². The molecule has 0 fully saturated rings. The van der Waals surface area contributed by atoms with Gasteiger partial charge in [0.05, 0.1) is 0 Å². The van der Waals surface area contributed by atoms with Crippen LogP contribution in [-0.2, 0) is 6.54 Å². The Balaban J connectivity index is 0.000001000. The minimum absolute atomic E-state index is 0. The number of hydrogen-bond acceptors (Lipinski definition) is 0. The third-order valence-corrected chi connectivity index (χ3v) is 1.49. The van der Waals surface area contributed by atoms with E-state index in [-0.39, 0.29) is 24.0 Å². The van der Waals surface area contributed by atoms with Crippen molar-refractivity contribution in [2.45, 2.75) is 26.8 Å². The lowest BCUT2D eigenvalue weighted by Crippen LogP contribution is -3.00. The van der Waals surface area contributed by atoms with Crippen LogP contribution in [0.25, 0.3) is 0 Å². The molecular formula is C9H14IN. The monoisotopic (exact) mass is 263 g/mol. The molecule has 1 nitrogen and oxygen atoms in total. The molecular weight excluding hydrogens is 249 g/mol. The molecule has 0 N–H and O–H groups in total. The van der Waals surface area contributed by atoms with Gasteiger partial charge in [-0.05, 0) is 13.0 Å². The van der Waals surface area contributed by atoms with Crippen LogP contribution in [0.1, 0.15) is 18.9 Å². The Morgan fingerprint density at radius 3 is 2.73 bits per heavy atom. The quantitative estimate of drug-likeness (QED) is 0.461. The summed E-state index contributed by atoms with van der Waals surface area (Å²) in [6, 6.07) is 4.21. The predicted molar refractivity (Wildman–Crippen MR) is 41.7 cm³/mol. The van der Waals surface area contributed by atoms with E-state index in [2.05, 4.69) is 42.9 Å². The largest absolute Gasteiger partial charge is 1.00 e. The summed E-state index contributed by atoms with van der Waals surface area (Å²) >= 11 is 0. The van der Waals surface area contributed by atoms with Crippen molar-refractivity contribution in [1.29, 1.82) is 0 Å². The normalized spacial score (nSPS) is 8.91. The minimum Gasteiger partial charge on any atom is -1.00 e. The fourth-order valence-corrected chi connectivity index (χ4v) is 1.05. The Hall–Kier alpha value is -0.120. The van der Waals surface area contributed by atoms with Crippen molar-refractivity contribution in [2.75, 3.05) is 0 Å². The highest BCUT2D eigenvalue weighted by Crippen LogP contribution is 1.89. The molecule has 0 atom stereocenters. The average molecular weight is 263 g/mol. The van der Waals surface area contributed by atoms with Crippen molar-refractivity contribution in [1.82, 2.24) is 0 Å². The Labute approximate surface area is 85.5 Å². The van der Waals surface area contributed by atoms with Crippen LogP contribution in [-0.4, -0.2) is 0 Å². The maximum Gasteiger partial charge on any atom is 0.171 e. The van der Waals surface area contributed by atoms with Crippen LogP contribution in [0.4, 0.5) is 0 Å². The molecule has 1 heterocycles. The molecule has 1 aromatic heterocycles. The second kappa shape index (κ2) is 5.52. The highest BCUT2D eigenvalue weighted by molar-refractivity contribution is 5.01. The van der Waals surface area contributed by atoms with Crippen LogP contribution in [0.2, 0.25) is 0 Å². The summed E-state index contributed by atoms with van der Waals surface area (Å²) in [5.74, 6) is 0. The number of hydrogen-bond donors (Lipinski definition) is 0. The van der Waals surface area contributed by atoms with Gasteiger partial charge in [-0.3, -0.25) is 0 Å². The summed E-state index contributed by atoms with van der Waals surface area (Å²) in [4.78, 5) is 0. The fourth-order valence-electron chi connectivity index (χ4n) is 1.05. The Morgan fingerprint density at radius 1 is 1.45 bits per heavy atom. The summed E-state index contributed by atoms with van der Waals surface area (Å²) < 4.78 is 2.22. The van der Waals surface area contributed by atoms with Gasteiger partial charge in [0, 0.05) is 18.1 Å². The standard InChI is InChI=1S/C9H14N.HI/c1-3-6-10-7-4-5-9(2)8-10;/h4-5,7-8H,3,6H2,1-2H3;1H/q+1;/p-1. The van der Waals surface area contributed by atoms with Crippen molar-refractivity contribution in [3.05, 3.63) is 30.1 Å². The van der Waals surface area contributed by atoms with Crippen molar-refractivity contribution >= 4 is 0 Å². The van der Waals surface area contributed by atoms with E-state index in [1.54, 1.807) is 0 Å². The summed E-state index contributed by atoms with van der Waals surface area (Å²) in [5.41, 5.74) is 1.33. The molecule has 0 saturated carbocycles. The van der Waals surface area contributed by atoms with Crippen LogP contribution in [0.3, 0.4) is 0 Å². The van der Waals surface area contributed by atoms with Crippen LogP contribution in [0.15, 0.2) is 24.5 Å². The Bertz CT molecular complexity index is 210. The zero-order valence-electron chi connectivity index (χ0n) is 7.05. The molecule has 11 heavy (non-hydrogen) atoms. The van der Waals surface area contributed by atoms with Gasteiger partial charge < -0.3 is 24.0 Å². The summed E-state index contributed by atoms with van der Waals surface area (Å²) in [6.07, 6.45) is 5.48. The van der Waals surface area contributed by atoms with Gasteiger partial charge in [0.25, 0.3) is 0 Å². The van der Waals surface area contributed by atoms with Crippen molar-refractivity contribution in [2.24, 2.45) is 0 Å². The summed E-state index contributed by atoms with van der Waals surface area (Å²) in [7, 11) is 0. The van der Waals surface area contributed by atoms with Crippen LogP contribution < -0.4 is 28.5 Å². The van der Waals surface area contributed by atoms with Crippen molar-refractivity contribution in [3.63, 3.8) is 0 Å². The average Bonchev–Trinajstić information content (AvgIpc) is 1.88. The third kappa shape index (κ3) is 3.70. The molecule has 0 aromatic carbocycles. The maximum atomic E-state index is 2.22. The van der Waals surface area contributed by atoms with Crippen molar-refractivity contribution < 1.29 is 28.5 Å². The first kappa shape index (κ1) is 10.9. The van der Waals surface area contributed by atoms with Gasteiger partial charge in [-0.15, -0.1) is 0 Å². The number of halogens is 1. The molecule has 0 amide bonds. The third-order valence-electron chi connectivity index (χ3n) is 1.49. The zero-order chi connectivity index (χ0) is 7.40. The second-order valence-corrected chi connectivity index (χ2v) is 2.62. The Kier molecular flexibility index (Phi) is 5.46. The van der Waals surface area contributed by atoms with Gasteiger partial charge >= 0.3 is 0 Å². The van der Waals surface area contributed by atoms with E-state index in [4.69, 9.17) is 0 Å². The first-order chi connectivity index (χ1) is 4.83. The lowest BCUT2D eigenvalue weighted by Gasteiger charge is -1.92. The molecule has 0 aliphatic carbocycles. The van der Waals surface area contributed by atoms with Gasteiger partial charge in [0.2, 0.25) is 0 Å². The fraction of sp³-hybridized carbons (Fsp3) is 0.444. The van der Waals surface area contributed by atoms with E-state index >= 15 is 0 Å². The smallest absolute Gasteiger partial charge is 0.171 e. The maximum absolute atomic E-state index is 2.22. The van der Waals surface area contributed by atoms with Crippen LogP contribution in [0.5, 0.6) is 0 Å². The number of aryl methyl sites for hydroxylation is 2. The Morgan fingerprint density at radius 2 is 2.18 bits per heavy atom. The number of rotatable bonds is 2. The molecule has 0 aliphatic heterocycles. The second-order valence-electron chi connectivity index (χ2n) is 2.62. The molecule has 0 unspecified atom stereocenters. The van der Waals surface area contributed by atoms with Gasteiger partial charge in [-0.2, -0.15) is 0 Å².